The van der Waals surface area contributed by atoms with Crippen LogP contribution in [0.5, 0.6) is 0 Å². The third-order valence-corrected chi connectivity index (χ3v) is 4.14. The molecule has 1 saturated carbocycles. The molecular formula is C15H19N3. The van der Waals surface area contributed by atoms with Gasteiger partial charge in [-0.25, -0.2) is 0 Å². The van der Waals surface area contributed by atoms with Gasteiger partial charge in [0.15, 0.2) is 0 Å². The average molecular weight is 241 g/mol. The van der Waals surface area contributed by atoms with E-state index in [2.05, 4.69) is 23.2 Å². The second kappa shape index (κ2) is 4.34. The van der Waals surface area contributed by atoms with Gasteiger partial charge in [0.2, 0.25) is 0 Å². The Labute approximate surface area is 107 Å². The maximum atomic E-state index is 6.56. The summed E-state index contributed by atoms with van der Waals surface area (Å²) in [4.78, 5) is 4.13. The zero-order chi connectivity index (χ0) is 12.6. The number of nitrogens with two attached hydrogens (primary N) is 2. The van der Waals surface area contributed by atoms with Crippen LogP contribution in [-0.2, 0) is 5.54 Å². The Hall–Kier alpha value is -1.45. The predicted molar refractivity (Wildman–Crippen MR) is 74.1 cm³/mol. The number of hydrogen-bond acceptors (Lipinski definition) is 3. The number of benzene rings is 1. The zero-order valence-corrected chi connectivity index (χ0v) is 10.5. The van der Waals surface area contributed by atoms with Crippen molar-refractivity contribution in [2.75, 3.05) is 0 Å². The van der Waals surface area contributed by atoms with Crippen molar-refractivity contribution < 1.29 is 0 Å². The molecule has 0 aliphatic heterocycles. The molecule has 0 amide bonds. The molecule has 18 heavy (non-hydrogen) atoms. The molecule has 0 radical (unpaired) electrons. The van der Waals surface area contributed by atoms with E-state index in [-0.39, 0.29) is 5.54 Å². The van der Waals surface area contributed by atoms with Crippen LogP contribution >= 0.6 is 0 Å². The lowest BCUT2D eigenvalue weighted by atomic mass is 9.75. The Kier molecular flexibility index (Phi) is 2.80. The highest BCUT2D eigenvalue weighted by Crippen LogP contribution is 2.35. The van der Waals surface area contributed by atoms with Gasteiger partial charge < -0.3 is 11.5 Å². The third-order valence-electron chi connectivity index (χ3n) is 4.14. The van der Waals surface area contributed by atoms with Crippen LogP contribution in [0.3, 0.4) is 0 Å². The molecular weight excluding hydrogens is 222 g/mol. The summed E-state index contributed by atoms with van der Waals surface area (Å²) in [7, 11) is 0. The van der Waals surface area contributed by atoms with E-state index in [0.29, 0.717) is 6.04 Å². The van der Waals surface area contributed by atoms with Crippen molar-refractivity contribution in [3.05, 3.63) is 42.2 Å². The molecule has 3 nitrogen and oxygen atoms in total. The molecule has 3 heteroatoms. The number of nitrogens with zero attached hydrogens (tertiary/aromatic N) is 1. The quantitative estimate of drug-likeness (QED) is 0.805. The van der Waals surface area contributed by atoms with Crippen LogP contribution < -0.4 is 11.5 Å². The van der Waals surface area contributed by atoms with Gasteiger partial charge in [0.05, 0.1) is 0 Å². The van der Waals surface area contributed by atoms with Crippen LogP contribution in [0.15, 0.2) is 36.7 Å². The molecule has 0 saturated heterocycles. The summed E-state index contributed by atoms with van der Waals surface area (Å²) in [6.07, 6.45) is 7.70. The van der Waals surface area contributed by atoms with Gasteiger partial charge in [-0.05, 0) is 48.8 Å². The van der Waals surface area contributed by atoms with E-state index in [1.807, 2.05) is 18.5 Å². The first-order chi connectivity index (χ1) is 8.67. The summed E-state index contributed by atoms with van der Waals surface area (Å²) in [6.45, 7) is 0. The first-order valence-electron chi connectivity index (χ1n) is 6.56. The number of pyridine rings is 1. The first-order valence-corrected chi connectivity index (χ1v) is 6.56. The lowest BCUT2D eigenvalue weighted by Crippen LogP contribution is -2.43. The minimum absolute atomic E-state index is 0.201. The summed E-state index contributed by atoms with van der Waals surface area (Å²) in [5, 5.41) is 2.37. The van der Waals surface area contributed by atoms with Crippen LogP contribution in [0.1, 0.15) is 31.2 Å². The zero-order valence-electron chi connectivity index (χ0n) is 10.5. The van der Waals surface area contributed by atoms with Crippen molar-refractivity contribution in [2.24, 2.45) is 11.5 Å². The number of fused-ring (bicyclic) bond motifs is 1. The van der Waals surface area contributed by atoms with Gasteiger partial charge in [-0.2, -0.15) is 0 Å². The molecule has 0 atom stereocenters. The van der Waals surface area contributed by atoms with E-state index in [1.54, 1.807) is 0 Å². The minimum Gasteiger partial charge on any atom is -0.328 e. The van der Waals surface area contributed by atoms with Gasteiger partial charge in [-0.15, -0.1) is 0 Å². The van der Waals surface area contributed by atoms with E-state index in [9.17, 15) is 0 Å². The Balaban J connectivity index is 1.98. The summed E-state index contributed by atoms with van der Waals surface area (Å²) in [5.74, 6) is 0. The summed E-state index contributed by atoms with van der Waals surface area (Å²) in [5.41, 5.74) is 13.6. The smallest absolute Gasteiger partial charge is 0.0411 e. The first kappa shape index (κ1) is 11.6. The summed E-state index contributed by atoms with van der Waals surface area (Å²) in [6, 6.07) is 8.82. The summed E-state index contributed by atoms with van der Waals surface area (Å²) >= 11 is 0. The van der Waals surface area contributed by atoms with Gasteiger partial charge in [-0.3, -0.25) is 4.98 Å². The standard InChI is InChI=1S/C15H19N3/c16-14-3-6-15(17,7-4-14)13-2-1-12-10-18-8-5-11(12)9-13/h1-2,5,8-10,14H,3-4,6-7,16-17H2. The molecule has 1 aromatic heterocycles. The maximum absolute atomic E-state index is 6.56. The highest BCUT2D eigenvalue weighted by atomic mass is 14.8. The highest BCUT2D eigenvalue weighted by molar-refractivity contribution is 5.82. The second-order valence-electron chi connectivity index (χ2n) is 5.43. The van der Waals surface area contributed by atoms with Gasteiger partial charge in [0, 0.05) is 29.4 Å². The molecule has 2 aromatic rings. The SMILES string of the molecule is NC1CCC(N)(c2ccc3cnccc3c2)CC1. The highest BCUT2D eigenvalue weighted by Gasteiger charge is 2.32. The Bertz CT molecular complexity index is 556. The van der Waals surface area contributed by atoms with Crippen molar-refractivity contribution >= 4 is 10.8 Å². The molecule has 4 N–H and O–H groups in total. The molecule has 1 heterocycles. The molecule has 0 spiro atoms. The van der Waals surface area contributed by atoms with Gasteiger partial charge in [-0.1, -0.05) is 12.1 Å². The van der Waals surface area contributed by atoms with Crippen molar-refractivity contribution in [1.29, 1.82) is 0 Å². The van der Waals surface area contributed by atoms with Crippen molar-refractivity contribution in [3.63, 3.8) is 0 Å². The minimum atomic E-state index is -0.201. The monoisotopic (exact) mass is 241 g/mol. The largest absolute Gasteiger partial charge is 0.328 e. The maximum Gasteiger partial charge on any atom is 0.0411 e. The molecule has 1 aliphatic rings. The van der Waals surface area contributed by atoms with E-state index in [1.165, 1.54) is 10.9 Å². The topological polar surface area (TPSA) is 64.9 Å². The Morgan fingerprint density at radius 3 is 2.67 bits per heavy atom. The molecule has 1 fully saturated rings. The predicted octanol–water partition coefficient (Wildman–Crippen LogP) is 2.29. The molecule has 1 aliphatic carbocycles. The molecule has 1 aromatic carbocycles. The fraction of sp³-hybridized carbons (Fsp3) is 0.400. The lowest BCUT2D eigenvalue weighted by Gasteiger charge is -2.36. The van der Waals surface area contributed by atoms with E-state index in [0.717, 1.165) is 31.1 Å². The van der Waals surface area contributed by atoms with Crippen LogP contribution in [0.2, 0.25) is 0 Å². The van der Waals surface area contributed by atoms with Crippen molar-refractivity contribution in [1.82, 2.24) is 4.98 Å². The third kappa shape index (κ3) is 2.00. The number of aromatic nitrogens is 1. The molecule has 94 valence electrons. The van der Waals surface area contributed by atoms with Gasteiger partial charge in [0.25, 0.3) is 0 Å². The lowest BCUT2D eigenvalue weighted by molar-refractivity contribution is 0.278. The van der Waals surface area contributed by atoms with Crippen LogP contribution in [0.25, 0.3) is 10.8 Å². The second-order valence-corrected chi connectivity index (χ2v) is 5.43. The van der Waals surface area contributed by atoms with Gasteiger partial charge >= 0.3 is 0 Å². The van der Waals surface area contributed by atoms with Crippen LogP contribution in [-0.4, -0.2) is 11.0 Å². The van der Waals surface area contributed by atoms with Crippen molar-refractivity contribution in [3.8, 4) is 0 Å². The van der Waals surface area contributed by atoms with E-state index < -0.39 is 0 Å². The van der Waals surface area contributed by atoms with Crippen molar-refractivity contribution in [2.45, 2.75) is 37.3 Å². The fourth-order valence-electron chi connectivity index (χ4n) is 2.84. The summed E-state index contributed by atoms with van der Waals surface area (Å²) < 4.78 is 0. The molecule has 0 bridgehead atoms. The van der Waals surface area contributed by atoms with E-state index >= 15 is 0 Å². The Morgan fingerprint density at radius 1 is 1.11 bits per heavy atom. The molecule has 3 rings (SSSR count). The van der Waals surface area contributed by atoms with Crippen LogP contribution in [0, 0.1) is 0 Å². The van der Waals surface area contributed by atoms with E-state index in [4.69, 9.17) is 11.5 Å². The molecule has 0 unspecified atom stereocenters. The Morgan fingerprint density at radius 2 is 1.89 bits per heavy atom. The van der Waals surface area contributed by atoms with Crippen LogP contribution in [0.4, 0.5) is 0 Å². The van der Waals surface area contributed by atoms with Gasteiger partial charge in [0.1, 0.15) is 0 Å². The number of hydrogen-bond donors (Lipinski definition) is 2. The average Bonchev–Trinajstić information content (AvgIpc) is 2.42. The fourth-order valence-corrected chi connectivity index (χ4v) is 2.84. The normalized spacial score (nSPS) is 28.4. The number of rotatable bonds is 1.